The van der Waals surface area contributed by atoms with Crippen LogP contribution >= 0.6 is 50.7 Å². The normalized spacial score (nSPS) is 10.4. The molecule has 0 radical (unpaired) electrons. The van der Waals surface area contributed by atoms with E-state index in [0.29, 0.717) is 15.2 Å². The molecule has 0 heterocycles. The van der Waals surface area contributed by atoms with Gasteiger partial charge in [-0.15, -0.1) is 0 Å². The first-order valence-electron chi connectivity index (χ1n) is 5.40. The lowest BCUT2D eigenvalue weighted by Crippen LogP contribution is -2.15. The number of nitrogen functional groups attached to an aromatic ring is 1. The summed E-state index contributed by atoms with van der Waals surface area (Å²) in [6, 6.07) is 8.15. The van der Waals surface area contributed by atoms with Crippen molar-refractivity contribution in [3.8, 4) is 0 Å². The number of hydrogen-bond acceptors (Lipinski definition) is 2. The zero-order valence-electron chi connectivity index (χ0n) is 9.88. The fourth-order valence-corrected chi connectivity index (χ4v) is 2.68. The molecule has 0 aliphatic heterocycles. The van der Waals surface area contributed by atoms with Crippen LogP contribution in [0.15, 0.2) is 34.8 Å². The summed E-state index contributed by atoms with van der Waals surface area (Å²) < 4.78 is 0.638. The summed E-state index contributed by atoms with van der Waals surface area (Å²) in [6.45, 7) is 0. The molecule has 0 unspecified atom stereocenters. The second-order valence-corrected chi connectivity index (χ2v) is 5.90. The van der Waals surface area contributed by atoms with Crippen molar-refractivity contribution in [2.75, 3.05) is 11.1 Å². The molecule has 104 valence electrons. The van der Waals surface area contributed by atoms with Crippen molar-refractivity contribution in [3.05, 3.63) is 55.4 Å². The van der Waals surface area contributed by atoms with Crippen LogP contribution in [0.25, 0.3) is 0 Å². The Labute approximate surface area is 139 Å². The summed E-state index contributed by atoms with van der Waals surface area (Å²) in [7, 11) is 0. The Balaban J connectivity index is 2.36. The molecule has 3 N–H and O–H groups in total. The highest BCUT2D eigenvalue weighted by Gasteiger charge is 2.16. The molecule has 2 rings (SSSR count). The average Bonchev–Trinajstić information content (AvgIpc) is 2.39. The summed E-state index contributed by atoms with van der Waals surface area (Å²) in [6.07, 6.45) is 0. The third-order valence-electron chi connectivity index (χ3n) is 2.56. The van der Waals surface area contributed by atoms with Crippen molar-refractivity contribution in [2.24, 2.45) is 0 Å². The number of amides is 1. The lowest BCUT2D eigenvalue weighted by molar-refractivity contribution is 0.102. The zero-order valence-corrected chi connectivity index (χ0v) is 13.7. The third kappa shape index (κ3) is 3.04. The number of anilines is 2. The first-order chi connectivity index (χ1) is 9.41. The maximum atomic E-state index is 12.2. The summed E-state index contributed by atoms with van der Waals surface area (Å²) in [4.78, 5) is 12.2. The fraction of sp³-hybridized carbons (Fsp3) is 0. The van der Waals surface area contributed by atoms with E-state index in [0.717, 1.165) is 0 Å². The van der Waals surface area contributed by atoms with Crippen LogP contribution in [0.5, 0.6) is 0 Å². The monoisotopic (exact) mass is 392 g/mol. The number of nitrogens with two attached hydrogens (primary N) is 1. The Morgan fingerprint density at radius 2 is 1.80 bits per heavy atom. The molecule has 0 saturated carbocycles. The van der Waals surface area contributed by atoms with Gasteiger partial charge in [-0.2, -0.15) is 0 Å². The summed E-state index contributed by atoms with van der Waals surface area (Å²) in [5.41, 5.74) is 6.62. The predicted molar refractivity (Wildman–Crippen MR) is 88.0 cm³/mol. The van der Waals surface area contributed by atoms with Crippen LogP contribution in [0.2, 0.25) is 15.1 Å². The Kier molecular flexibility index (Phi) is 4.81. The van der Waals surface area contributed by atoms with E-state index in [1.165, 1.54) is 0 Å². The molecular formula is C13H8BrCl3N2O. The van der Waals surface area contributed by atoms with Crippen LogP contribution < -0.4 is 11.1 Å². The molecule has 2 aromatic carbocycles. The molecule has 0 bridgehead atoms. The van der Waals surface area contributed by atoms with Gasteiger partial charge in [-0.3, -0.25) is 4.79 Å². The Hall–Kier alpha value is -0.940. The zero-order chi connectivity index (χ0) is 14.9. The van der Waals surface area contributed by atoms with E-state index in [4.69, 9.17) is 40.5 Å². The number of nitrogens with one attached hydrogen (secondary N) is 1. The molecule has 20 heavy (non-hydrogen) atoms. The van der Waals surface area contributed by atoms with Crippen molar-refractivity contribution in [2.45, 2.75) is 0 Å². The van der Waals surface area contributed by atoms with E-state index in [2.05, 4.69) is 21.2 Å². The van der Waals surface area contributed by atoms with Gasteiger partial charge >= 0.3 is 0 Å². The van der Waals surface area contributed by atoms with Crippen LogP contribution in [-0.2, 0) is 0 Å². The second kappa shape index (κ2) is 6.22. The van der Waals surface area contributed by atoms with Crippen molar-refractivity contribution < 1.29 is 4.79 Å². The molecule has 7 heteroatoms. The molecule has 0 aliphatic carbocycles. The van der Waals surface area contributed by atoms with Crippen molar-refractivity contribution in [1.82, 2.24) is 0 Å². The van der Waals surface area contributed by atoms with Gasteiger partial charge in [-0.25, -0.2) is 0 Å². The number of carbonyl (C=O) groups is 1. The van der Waals surface area contributed by atoms with E-state index in [-0.39, 0.29) is 21.3 Å². The smallest absolute Gasteiger partial charge is 0.259 e. The topological polar surface area (TPSA) is 55.1 Å². The van der Waals surface area contributed by atoms with Crippen LogP contribution in [0.1, 0.15) is 10.4 Å². The van der Waals surface area contributed by atoms with Gasteiger partial charge in [-0.1, -0.05) is 40.9 Å². The van der Waals surface area contributed by atoms with Gasteiger partial charge in [0.05, 0.1) is 26.3 Å². The van der Waals surface area contributed by atoms with E-state index in [9.17, 15) is 4.79 Å². The molecule has 0 saturated heterocycles. The molecule has 0 aromatic heterocycles. The van der Waals surface area contributed by atoms with Gasteiger partial charge in [0.15, 0.2) is 0 Å². The lowest BCUT2D eigenvalue weighted by Gasteiger charge is -2.11. The molecule has 0 spiro atoms. The number of carbonyl (C=O) groups excluding carboxylic acids is 1. The van der Waals surface area contributed by atoms with Crippen molar-refractivity contribution >= 4 is 68.0 Å². The first-order valence-corrected chi connectivity index (χ1v) is 7.33. The number of hydrogen-bond donors (Lipinski definition) is 2. The van der Waals surface area contributed by atoms with E-state index in [1.807, 2.05) is 0 Å². The van der Waals surface area contributed by atoms with E-state index >= 15 is 0 Å². The molecular weight excluding hydrogens is 386 g/mol. The van der Waals surface area contributed by atoms with E-state index in [1.54, 1.807) is 30.3 Å². The third-order valence-corrected chi connectivity index (χ3v) is 4.64. The first kappa shape index (κ1) is 15.4. The van der Waals surface area contributed by atoms with Crippen LogP contribution in [0.4, 0.5) is 11.4 Å². The number of halogens is 4. The van der Waals surface area contributed by atoms with E-state index < -0.39 is 5.91 Å². The van der Waals surface area contributed by atoms with Gasteiger partial charge < -0.3 is 11.1 Å². The largest absolute Gasteiger partial charge is 0.398 e. The molecule has 1 amide bonds. The molecule has 3 nitrogen and oxygen atoms in total. The highest BCUT2D eigenvalue weighted by molar-refractivity contribution is 9.10. The van der Waals surface area contributed by atoms with Crippen molar-refractivity contribution in [3.63, 3.8) is 0 Å². The fourth-order valence-electron chi connectivity index (χ4n) is 1.59. The summed E-state index contributed by atoms with van der Waals surface area (Å²) >= 11 is 21.3. The summed E-state index contributed by atoms with van der Waals surface area (Å²) in [5.74, 6) is -0.451. The standard InChI is InChI=1S/C13H8BrCl3N2O/c14-6-4-5-9(12(17)11(6)16)19-13(20)10-7(15)2-1-3-8(10)18/h1-5H,18H2,(H,19,20). The second-order valence-electron chi connectivity index (χ2n) is 3.88. The van der Waals surface area contributed by atoms with Gasteiger partial charge in [-0.05, 0) is 40.2 Å². The quantitative estimate of drug-likeness (QED) is 0.540. The Morgan fingerprint density at radius 3 is 2.45 bits per heavy atom. The minimum absolute atomic E-state index is 0.198. The predicted octanol–water partition coefficient (Wildman–Crippen LogP) is 5.24. The maximum Gasteiger partial charge on any atom is 0.259 e. The van der Waals surface area contributed by atoms with Gasteiger partial charge in [0, 0.05) is 10.2 Å². The van der Waals surface area contributed by atoms with Gasteiger partial charge in [0.2, 0.25) is 0 Å². The highest BCUT2D eigenvalue weighted by atomic mass is 79.9. The van der Waals surface area contributed by atoms with Gasteiger partial charge in [0.1, 0.15) is 0 Å². The van der Waals surface area contributed by atoms with Crippen LogP contribution in [-0.4, -0.2) is 5.91 Å². The minimum Gasteiger partial charge on any atom is -0.398 e. The molecule has 2 aromatic rings. The molecule has 0 fully saturated rings. The maximum absolute atomic E-state index is 12.2. The lowest BCUT2D eigenvalue weighted by atomic mass is 10.1. The highest BCUT2D eigenvalue weighted by Crippen LogP contribution is 2.36. The summed E-state index contributed by atoms with van der Waals surface area (Å²) in [5, 5.41) is 3.45. The van der Waals surface area contributed by atoms with Crippen LogP contribution in [0, 0.1) is 0 Å². The van der Waals surface area contributed by atoms with Crippen LogP contribution in [0.3, 0.4) is 0 Å². The Morgan fingerprint density at radius 1 is 1.10 bits per heavy atom. The average molecular weight is 394 g/mol. The Bertz CT molecular complexity index is 671. The minimum atomic E-state index is -0.451. The van der Waals surface area contributed by atoms with Gasteiger partial charge in [0.25, 0.3) is 5.91 Å². The SMILES string of the molecule is Nc1cccc(Cl)c1C(=O)Nc1ccc(Br)c(Cl)c1Cl. The molecule has 0 atom stereocenters. The number of benzene rings is 2. The number of rotatable bonds is 2. The van der Waals surface area contributed by atoms with Crippen molar-refractivity contribution in [1.29, 1.82) is 0 Å². The molecule has 0 aliphatic rings.